The lowest BCUT2D eigenvalue weighted by Crippen LogP contribution is -2.50. The lowest BCUT2D eigenvalue weighted by atomic mass is 10.2. The van der Waals surface area contributed by atoms with Crippen LogP contribution in [0.25, 0.3) is 0 Å². The van der Waals surface area contributed by atoms with E-state index in [0.717, 1.165) is 18.8 Å². The molecule has 0 N–H and O–H groups in total. The van der Waals surface area contributed by atoms with Gasteiger partial charge in [0.25, 0.3) is 0 Å². The maximum absolute atomic E-state index is 12.4. The average molecular weight is 305 g/mol. The van der Waals surface area contributed by atoms with Crippen LogP contribution in [0.4, 0.5) is 5.69 Å². The summed E-state index contributed by atoms with van der Waals surface area (Å²) in [6, 6.07) is 7.15. The van der Waals surface area contributed by atoms with Crippen LogP contribution < -0.4 is 9.64 Å². The molecular formula is C16H23N3O3. The molecule has 1 aliphatic rings. The van der Waals surface area contributed by atoms with E-state index >= 15 is 0 Å². The van der Waals surface area contributed by atoms with Crippen molar-refractivity contribution in [2.45, 2.75) is 6.92 Å². The summed E-state index contributed by atoms with van der Waals surface area (Å²) >= 11 is 0. The van der Waals surface area contributed by atoms with Gasteiger partial charge in [-0.25, -0.2) is 0 Å². The number of piperazine rings is 1. The number of amides is 2. The first-order valence-electron chi connectivity index (χ1n) is 7.39. The van der Waals surface area contributed by atoms with Crippen molar-refractivity contribution in [3.05, 3.63) is 24.3 Å². The average Bonchev–Trinajstić information content (AvgIpc) is 2.53. The molecule has 22 heavy (non-hydrogen) atoms. The van der Waals surface area contributed by atoms with Gasteiger partial charge in [0.2, 0.25) is 11.8 Å². The Balaban J connectivity index is 2.04. The van der Waals surface area contributed by atoms with Crippen LogP contribution in [0, 0.1) is 0 Å². The normalized spacial score (nSPS) is 15.5. The zero-order chi connectivity index (χ0) is 16.1. The molecule has 2 amide bonds. The number of methoxy groups -OCH3 is 1. The zero-order valence-corrected chi connectivity index (χ0v) is 13.4. The number of likely N-dealkylation sites (N-methyl/N-ethyl adjacent to an activating group) is 1. The summed E-state index contributed by atoms with van der Waals surface area (Å²) in [5.74, 6) is 0.560. The number of ether oxygens (including phenoxy) is 1. The van der Waals surface area contributed by atoms with Crippen LogP contribution in [-0.4, -0.2) is 68.5 Å². The van der Waals surface area contributed by atoms with Crippen molar-refractivity contribution in [1.82, 2.24) is 9.80 Å². The van der Waals surface area contributed by atoms with Crippen molar-refractivity contribution >= 4 is 17.5 Å². The first-order chi connectivity index (χ1) is 10.5. The Labute approximate surface area is 131 Å². The predicted octanol–water partition coefficient (Wildman–Crippen LogP) is 0.822. The third kappa shape index (κ3) is 3.98. The van der Waals surface area contributed by atoms with Crippen molar-refractivity contribution in [2.24, 2.45) is 0 Å². The van der Waals surface area contributed by atoms with Crippen LogP contribution in [0.1, 0.15) is 6.92 Å². The minimum absolute atomic E-state index is 0.0147. The number of carbonyl (C=O) groups excluding carboxylic acids is 2. The van der Waals surface area contributed by atoms with E-state index in [1.54, 1.807) is 31.4 Å². The Morgan fingerprint density at radius 1 is 1.14 bits per heavy atom. The Bertz CT molecular complexity index is 522. The van der Waals surface area contributed by atoms with Crippen LogP contribution in [0.3, 0.4) is 0 Å². The topological polar surface area (TPSA) is 53.1 Å². The van der Waals surface area contributed by atoms with Gasteiger partial charge in [-0.3, -0.25) is 9.59 Å². The van der Waals surface area contributed by atoms with Crippen molar-refractivity contribution < 1.29 is 14.3 Å². The van der Waals surface area contributed by atoms with Gasteiger partial charge in [-0.15, -0.1) is 0 Å². The molecule has 1 aromatic rings. The molecule has 1 aromatic carbocycles. The fourth-order valence-electron chi connectivity index (χ4n) is 2.44. The van der Waals surface area contributed by atoms with Crippen LogP contribution in [0.5, 0.6) is 5.75 Å². The van der Waals surface area contributed by atoms with Crippen LogP contribution in [0.2, 0.25) is 0 Å². The van der Waals surface area contributed by atoms with E-state index in [4.69, 9.17) is 4.74 Å². The Kier molecular flexibility index (Phi) is 5.38. The second-order valence-electron chi connectivity index (χ2n) is 5.49. The van der Waals surface area contributed by atoms with Crippen LogP contribution in [0.15, 0.2) is 24.3 Å². The van der Waals surface area contributed by atoms with E-state index in [9.17, 15) is 9.59 Å². The molecule has 2 rings (SSSR count). The maximum atomic E-state index is 12.4. The van der Waals surface area contributed by atoms with Crippen LogP contribution in [-0.2, 0) is 9.59 Å². The monoisotopic (exact) mass is 305 g/mol. The number of hydrogen-bond donors (Lipinski definition) is 0. The number of carbonyl (C=O) groups is 2. The fraction of sp³-hybridized carbons (Fsp3) is 0.500. The highest BCUT2D eigenvalue weighted by Crippen LogP contribution is 2.19. The summed E-state index contributed by atoms with van der Waals surface area (Å²) in [5.41, 5.74) is 0.704. The lowest BCUT2D eigenvalue weighted by molar-refractivity contribution is -0.132. The summed E-state index contributed by atoms with van der Waals surface area (Å²) in [6.07, 6.45) is 0. The summed E-state index contributed by atoms with van der Waals surface area (Å²) in [7, 11) is 3.63. The highest BCUT2D eigenvalue weighted by Gasteiger charge is 2.23. The van der Waals surface area contributed by atoms with Gasteiger partial charge in [0.15, 0.2) is 0 Å². The number of nitrogens with zero attached hydrogens (tertiary/aromatic N) is 3. The van der Waals surface area contributed by atoms with Gasteiger partial charge in [0.1, 0.15) is 12.3 Å². The third-order valence-corrected chi connectivity index (χ3v) is 3.91. The van der Waals surface area contributed by atoms with Gasteiger partial charge < -0.3 is 19.4 Å². The second-order valence-corrected chi connectivity index (χ2v) is 5.49. The predicted molar refractivity (Wildman–Crippen MR) is 85.1 cm³/mol. The first kappa shape index (κ1) is 16.3. The van der Waals surface area contributed by atoms with Crippen molar-refractivity contribution in [1.29, 1.82) is 0 Å². The van der Waals surface area contributed by atoms with Crippen molar-refractivity contribution in [3.8, 4) is 5.75 Å². The van der Waals surface area contributed by atoms with Gasteiger partial charge in [0.05, 0.1) is 7.11 Å². The molecule has 6 nitrogen and oxygen atoms in total. The summed E-state index contributed by atoms with van der Waals surface area (Å²) in [6.45, 7) is 4.71. The van der Waals surface area contributed by atoms with Gasteiger partial charge in [-0.2, -0.15) is 0 Å². The molecule has 1 aliphatic heterocycles. The molecule has 0 atom stereocenters. The quantitative estimate of drug-likeness (QED) is 0.826. The first-order valence-corrected chi connectivity index (χ1v) is 7.39. The second kappa shape index (κ2) is 7.26. The number of anilines is 1. The SMILES string of the molecule is COc1ccc(N(CC(=O)N2CCN(C)CC2)C(C)=O)cc1. The molecule has 0 saturated carbocycles. The largest absolute Gasteiger partial charge is 0.497 e. The highest BCUT2D eigenvalue weighted by atomic mass is 16.5. The molecule has 6 heteroatoms. The molecular weight excluding hydrogens is 282 g/mol. The minimum atomic E-state index is -0.146. The Hall–Kier alpha value is -2.08. The minimum Gasteiger partial charge on any atom is -0.497 e. The van der Waals surface area contributed by atoms with Gasteiger partial charge in [0, 0.05) is 38.8 Å². The molecule has 1 heterocycles. The van der Waals surface area contributed by atoms with Crippen molar-refractivity contribution in [2.75, 3.05) is 51.8 Å². The molecule has 0 aromatic heterocycles. The number of benzene rings is 1. The maximum Gasteiger partial charge on any atom is 0.242 e. The molecule has 1 fully saturated rings. The van der Waals surface area contributed by atoms with Gasteiger partial charge in [-0.05, 0) is 31.3 Å². The molecule has 1 saturated heterocycles. The van der Waals surface area contributed by atoms with E-state index in [0.29, 0.717) is 18.8 Å². The lowest BCUT2D eigenvalue weighted by Gasteiger charge is -2.33. The van der Waals surface area contributed by atoms with E-state index in [-0.39, 0.29) is 18.4 Å². The molecule has 0 bridgehead atoms. The van der Waals surface area contributed by atoms with Gasteiger partial charge >= 0.3 is 0 Å². The standard InChI is InChI=1S/C16H23N3O3/c1-13(20)19(14-4-6-15(22-3)7-5-14)12-16(21)18-10-8-17(2)9-11-18/h4-7H,8-12H2,1-3H3. The van der Waals surface area contributed by atoms with E-state index in [2.05, 4.69) is 4.90 Å². The molecule has 0 unspecified atom stereocenters. The van der Waals surface area contributed by atoms with E-state index in [1.807, 2.05) is 11.9 Å². The number of hydrogen-bond acceptors (Lipinski definition) is 4. The van der Waals surface area contributed by atoms with Crippen LogP contribution >= 0.6 is 0 Å². The Morgan fingerprint density at radius 3 is 2.23 bits per heavy atom. The molecule has 0 aliphatic carbocycles. The summed E-state index contributed by atoms with van der Waals surface area (Å²) < 4.78 is 5.11. The third-order valence-electron chi connectivity index (χ3n) is 3.91. The molecule has 0 spiro atoms. The van der Waals surface area contributed by atoms with Crippen molar-refractivity contribution in [3.63, 3.8) is 0 Å². The Morgan fingerprint density at radius 2 is 1.73 bits per heavy atom. The smallest absolute Gasteiger partial charge is 0.242 e. The summed E-state index contributed by atoms with van der Waals surface area (Å²) in [5, 5.41) is 0. The molecule has 120 valence electrons. The van der Waals surface area contributed by atoms with E-state index in [1.165, 1.54) is 11.8 Å². The van der Waals surface area contributed by atoms with Gasteiger partial charge in [-0.1, -0.05) is 0 Å². The van der Waals surface area contributed by atoms with E-state index < -0.39 is 0 Å². The highest BCUT2D eigenvalue weighted by molar-refractivity contribution is 5.97. The number of rotatable bonds is 4. The zero-order valence-electron chi connectivity index (χ0n) is 13.4. The fourth-order valence-corrected chi connectivity index (χ4v) is 2.44. The molecule has 0 radical (unpaired) electrons. The summed E-state index contributed by atoms with van der Waals surface area (Å²) in [4.78, 5) is 29.8.